The predicted molar refractivity (Wildman–Crippen MR) is 84.1 cm³/mol. The number of pyridine rings is 1. The van der Waals surface area contributed by atoms with Gasteiger partial charge in [0.15, 0.2) is 0 Å². The first-order valence-corrected chi connectivity index (χ1v) is 6.69. The van der Waals surface area contributed by atoms with Gasteiger partial charge in [0.25, 0.3) is 0 Å². The number of aryl methyl sites for hydroxylation is 1. The molecule has 3 rings (SSSR count). The highest BCUT2D eigenvalue weighted by molar-refractivity contribution is 5.93. The lowest BCUT2D eigenvalue weighted by Crippen LogP contribution is -1.98. The second kappa shape index (κ2) is 5.31. The van der Waals surface area contributed by atoms with Gasteiger partial charge in [0.05, 0.1) is 5.52 Å². The molecule has 3 heteroatoms. The molecular formula is C17H17N3. The predicted octanol–water partition coefficient (Wildman–Crippen LogP) is 3.75. The molecule has 1 heterocycles. The second-order valence-corrected chi connectivity index (χ2v) is 4.86. The maximum Gasteiger partial charge on any atom is 0.0726 e. The Bertz CT molecular complexity index is 750. The van der Waals surface area contributed by atoms with E-state index in [1.165, 1.54) is 0 Å². The summed E-state index contributed by atoms with van der Waals surface area (Å²) in [4.78, 5) is 4.55. The monoisotopic (exact) mass is 263 g/mol. The van der Waals surface area contributed by atoms with Gasteiger partial charge >= 0.3 is 0 Å². The Morgan fingerprint density at radius 2 is 1.90 bits per heavy atom. The molecule has 0 saturated heterocycles. The molecule has 20 heavy (non-hydrogen) atoms. The van der Waals surface area contributed by atoms with Crippen LogP contribution in [0.3, 0.4) is 0 Å². The standard InChI is InChI=1S/C17H17N3/c1-12-9-17(15-7-2-3-8-16(15)19-12)20-14-6-4-5-13(10-14)11-18/h2-10H,11,18H2,1H3,(H,19,20). The van der Waals surface area contributed by atoms with Crippen LogP contribution in [0.5, 0.6) is 0 Å². The van der Waals surface area contributed by atoms with Crippen molar-refractivity contribution in [3.63, 3.8) is 0 Å². The van der Waals surface area contributed by atoms with E-state index < -0.39 is 0 Å². The van der Waals surface area contributed by atoms with Crippen LogP contribution in [0, 0.1) is 6.92 Å². The van der Waals surface area contributed by atoms with Crippen LogP contribution < -0.4 is 11.1 Å². The lowest BCUT2D eigenvalue weighted by molar-refractivity contribution is 1.07. The molecule has 1 aromatic heterocycles. The Morgan fingerprint density at radius 3 is 2.75 bits per heavy atom. The molecule has 0 atom stereocenters. The molecule has 0 amide bonds. The zero-order chi connectivity index (χ0) is 13.9. The van der Waals surface area contributed by atoms with E-state index in [0.29, 0.717) is 6.54 Å². The first-order valence-electron chi connectivity index (χ1n) is 6.69. The number of nitrogens with one attached hydrogen (secondary N) is 1. The first-order chi connectivity index (χ1) is 9.76. The van der Waals surface area contributed by atoms with E-state index in [1.54, 1.807) is 0 Å². The van der Waals surface area contributed by atoms with Gasteiger partial charge < -0.3 is 11.1 Å². The SMILES string of the molecule is Cc1cc(Nc2cccc(CN)c2)c2ccccc2n1. The first kappa shape index (κ1) is 12.6. The van der Waals surface area contributed by atoms with Crippen molar-refractivity contribution in [2.75, 3.05) is 5.32 Å². The van der Waals surface area contributed by atoms with Crippen molar-refractivity contribution in [2.24, 2.45) is 5.73 Å². The quantitative estimate of drug-likeness (QED) is 0.756. The molecule has 0 spiro atoms. The van der Waals surface area contributed by atoms with Crippen LogP contribution in [-0.4, -0.2) is 4.98 Å². The third-order valence-electron chi connectivity index (χ3n) is 3.29. The summed E-state index contributed by atoms with van der Waals surface area (Å²) in [6.07, 6.45) is 0. The minimum atomic E-state index is 0.547. The molecule has 0 aliphatic carbocycles. The van der Waals surface area contributed by atoms with E-state index in [1.807, 2.05) is 43.3 Å². The van der Waals surface area contributed by atoms with Crippen LogP contribution >= 0.6 is 0 Å². The maximum atomic E-state index is 5.69. The van der Waals surface area contributed by atoms with Crippen LogP contribution in [0.1, 0.15) is 11.3 Å². The number of aromatic nitrogens is 1. The Labute approximate surface area is 118 Å². The van der Waals surface area contributed by atoms with Gasteiger partial charge in [-0.15, -0.1) is 0 Å². The number of hydrogen-bond donors (Lipinski definition) is 2. The summed E-state index contributed by atoms with van der Waals surface area (Å²) in [5.41, 5.74) is 10.9. The molecule has 3 N–H and O–H groups in total. The van der Waals surface area contributed by atoms with Crippen molar-refractivity contribution in [3.8, 4) is 0 Å². The van der Waals surface area contributed by atoms with Crippen LogP contribution in [0.25, 0.3) is 10.9 Å². The van der Waals surface area contributed by atoms with Gasteiger partial charge in [-0.25, -0.2) is 0 Å². The highest BCUT2D eigenvalue weighted by atomic mass is 14.9. The van der Waals surface area contributed by atoms with Crippen molar-refractivity contribution in [2.45, 2.75) is 13.5 Å². The van der Waals surface area contributed by atoms with E-state index in [0.717, 1.165) is 33.5 Å². The molecule has 100 valence electrons. The summed E-state index contributed by atoms with van der Waals surface area (Å²) in [5, 5.41) is 4.59. The molecule has 0 aliphatic rings. The van der Waals surface area contributed by atoms with E-state index in [2.05, 4.69) is 28.5 Å². The fraction of sp³-hybridized carbons (Fsp3) is 0.118. The van der Waals surface area contributed by atoms with Gasteiger partial charge in [-0.3, -0.25) is 4.98 Å². The molecule has 2 aromatic carbocycles. The summed E-state index contributed by atoms with van der Waals surface area (Å²) in [6, 6.07) is 18.4. The zero-order valence-electron chi connectivity index (χ0n) is 11.4. The van der Waals surface area contributed by atoms with Gasteiger partial charge in [-0.1, -0.05) is 30.3 Å². The second-order valence-electron chi connectivity index (χ2n) is 4.86. The van der Waals surface area contributed by atoms with Gasteiger partial charge in [0, 0.05) is 29.0 Å². The topological polar surface area (TPSA) is 50.9 Å². The lowest BCUT2D eigenvalue weighted by Gasteiger charge is -2.11. The number of fused-ring (bicyclic) bond motifs is 1. The molecule has 0 bridgehead atoms. The average Bonchev–Trinajstić information content (AvgIpc) is 2.47. The Balaban J connectivity index is 2.05. The highest BCUT2D eigenvalue weighted by Gasteiger charge is 2.04. The third kappa shape index (κ3) is 2.49. The van der Waals surface area contributed by atoms with Crippen LogP contribution in [0.15, 0.2) is 54.6 Å². The molecule has 0 aliphatic heterocycles. The van der Waals surface area contributed by atoms with Crippen LogP contribution in [0.2, 0.25) is 0 Å². The summed E-state index contributed by atoms with van der Waals surface area (Å²) in [6.45, 7) is 2.56. The molecule has 3 aromatic rings. The minimum absolute atomic E-state index is 0.547. The fourth-order valence-corrected chi connectivity index (χ4v) is 2.34. The number of rotatable bonds is 3. The Morgan fingerprint density at radius 1 is 1.05 bits per heavy atom. The number of para-hydroxylation sites is 1. The number of benzene rings is 2. The summed E-state index contributed by atoms with van der Waals surface area (Å²) < 4.78 is 0. The van der Waals surface area contributed by atoms with Crippen molar-refractivity contribution >= 4 is 22.3 Å². The molecule has 3 nitrogen and oxygen atoms in total. The molecule has 0 fully saturated rings. The van der Waals surface area contributed by atoms with Crippen molar-refractivity contribution in [1.82, 2.24) is 4.98 Å². The zero-order valence-corrected chi connectivity index (χ0v) is 11.4. The van der Waals surface area contributed by atoms with Crippen LogP contribution in [-0.2, 0) is 6.54 Å². The lowest BCUT2D eigenvalue weighted by atomic mass is 10.1. The third-order valence-corrected chi connectivity index (χ3v) is 3.29. The van der Waals surface area contributed by atoms with Gasteiger partial charge in [-0.05, 0) is 36.8 Å². The van der Waals surface area contributed by atoms with E-state index in [9.17, 15) is 0 Å². The Hall–Kier alpha value is -2.39. The van der Waals surface area contributed by atoms with Crippen molar-refractivity contribution in [3.05, 3.63) is 65.9 Å². The van der Waals surface area contributed by atoms with Gasteiger partial charge in [-0.2, -0.15) is 0 Å². The van der Waals surface area contributed by atoms with Gasteiger partial charge in [0.2, 0.25) is 0 Å². The average molecular weight is 263 g/mol. The highest BCUT2D eigenvalue weighted by Crippen LogP contribution is 2.26. The smallest absolute Gasteiger partial charge is 0.0726 e. The largest absolute Gasteiger partial charge is 0.355 e. The summed E-state index contributed by atoms with van der Waals surface area (Å²) >= 11 is 0. The molecule has 0 saturated carbocycles. The molecular weight excluding hydrogens is 246 g/mol. The van der Waals surface area contributed by atoms with E-state index in [4.69, 9.17) is 5.73 Å². The fourth-order valence-electron chi connectivity index (χ4n) is 2.34. The number of nitrogens with two attached hydrogens (primary N) is 1. The Kier molecular flexibility index (Phi) is 3.35. The van der Waals surface area contributed by atoms with Crippen molar-refractivity contribution in [1.29, 1.82) is 0 Å². The molecule has 0 unspecified atom stereocenters. The molecule has 0 radical (unpaired) electrons. The summed E-state index contributed by atoms with van der Waals surface area (Å²) in [5.74, 6) is 0. The maximum absolute atomic E-state index is 5.69. The number of anilines is 2. The summed E-state index contributed by atoms with van der Waals surface area (Å²) in [7, 11) is 0. The number of nitrogens with zero attached hydrogens (tertiary/aromatic N) is 1. The van der Waals surface area contributed by atoms with E-state index >= 15 is 0 Å². The van der Waals surface area contributed by atoms with E-state index in [-0.39, 0.29) is 0 Å². The van der Waals surface area contributed by atoms with Crippen molar-refractivity contribution < 1.29 is 0 Å². The van der Waals surface area contributed by atoms with Gasteiger partial charge in [0.1, 0.15) is 0 Å². The van der Waals surface area contributed by atoms with Crippen LogP contribution in [0.4, 0.5) is 11.4 Å². The minimum Gasteiger partial charge on any atom is -0.355 e. The normalized spacial score (nSPS) is 10.7. The number of hydrogen-bond acceptors (Lipinski definition) is 3.